The molecule has 0 atom stereocenters. The number of carbonyl (C=O) groups is 1. The molecule has 0 saturated heterocycles. The quantitative estimate of drug-likeness (QED) is 0.679. The molecule has 0 saturated carbocycles. The monoisotopic (exact) mass is 185 g/mol. The van der Waals surface area contributed by atoms with E-state index in [4.69, 9.17) is 9.90 Å². The first-order valence-electron chi connectivity index (χ1n) is 4.14. The molecule has 3 nitrogen and oxygen atoms in total. The van der Waals surface area contributed by atoms with E-state index in [1.54, 1.807) is 0 Å². The highest BCUT2D eigenvalue weighted by Gasteiger charge is 1.86. The smallest absolute Gasteiger partial charge is 0.300 e. The molecule has 0 aliphatic carbocycles. The molecule has 1 N–H and O–H groups in total. The highest BCUT2D eigenvalue weighted by molar-refractivity contribution is 5.62. The van der Waals surface area contributed by atoms with E-state index in [2.05, 4.69) is 30.7 Å². The van der Waals surface area contributed by atoms with Crippen molar-refractivity contribution in [1.82, 2.24) is 4.90 Å². The van der Waals surface area contributed by atoms with Gasteiger partial charge < -0.3 is 5.11 Å². The molecule has 0 amide bonds. The van der Waals surface area contributed by atoms with Crippen LogP contribution in [0.4, 0.5) is 0 Å². The Morgan fingerprint density at radius 2 is 2.00 bits per heavy atom. The van der Waals surface area contributed by atoms with E-state index < -0.39 is 5.97 Å². The molecule has 0 aromatic heterocycles. The van der Waals surface area contributed by atoms with Gasteiger partial charge in [0.1, 0.15) is 0 Å². The molecule has 0 radical (unpaired) electrons. The summed E-state index contributed by atoms with van der Waals surface area (Å²) in [7, 11) is 2.07. The number of hydrogen-bond acceptors (Lipinski definition) is 2. The molecular weight excluding hydrogens is 166 g/mol. The molecule has 76 valence electrons. The fourth-order valence-electron chi connectivity index (χ4n) is 0.580. The third-order valence-corrected chi connectivity index (χ3v) is 1.09. The van der Waals surface area contributed by atoms with Crippen molar-refractivity contribution in [3.8, 4) is 0 Å². The Kier molecular flexibility index (Phi) is 12.1. The van der Waals surface area contributed by atoms with Gasteiger partial charge in [0.05, 0.1) is 0 Å². The van der Waals surface area contributed by atoms with Crippen LogP contribution in [0.15, 0.2) is 24.8 Å². The summed E-state index contributed by atoms with van der Waals surface area (Å²) in [4.78, 5) is 11.2. The van der Waals surface area contributed by atoms with Crippen LogP contribution in [0.3, 0.4) is 0 Å². The van der Waals surface area contributed by atoms with Gasteiger partial charge in [-0.15, -0.1) is 6.58 Å². The zero-order valence-corrected chi connectivity index (χ0v) is 8.66. The second-order valence-electron chi connectivity index (χ2n) is 2.60. The molecule has 0 aliphatic rings. The van der Waals surface area contributed by atoms with Gasteiger partial charge in [-0.1, -0.05) is 18.2 Å². The molecule has 0 unspecified atom stereocenters. The van der Waals surface area contributed by atoms with Crippen LogP contribution in [0.2, 0.25) is 0 Å². The Balaban J connectivity index is 0. The number of allylic oxidation sites excluding steroid dienone is 1. The molecule has 0 heterocycles. The molecule has 0 aromatic rings. The Bertz CT molecular complexity index is 160. The summed E-state index contributed by atoms with van der Waals surface area (Å²) in [5.41, 5.74) is 0. The fraction of sp³-hybridized carbons (Fsp3) is 0.500. The van der Waals surface area contributed by atoms with Crippen LogP contribution in [0.5, 0.6) is 0 Å². The predicted molar refractivity (Wildman–Crippen MR) is 55.8 cm³/mol. The number of nitrogens with zero attached hydrogens (tertiary/aromatic N) is 1. The Hall–Kier alpha value is -1.09. The lowest BCUT2D eigenvalue weighted by molar-refractivity contribution is -0.134. The maximum absolute atomic E-state index is 9.00. The van der Waals surface area contributed by atoms with Crippen LogP contribution in [0.1, 0.15) is 13.8 Å². The van der Waals surface area contributed by atoms with E-state index in [-0.39, 0.29) is 0 Å². The minimum absolute atomic E-state index is 0.833. The van der Waals surface area contributed by atoms with Crippen molar-refractivity contribution >= 4 is 5.97 Å². The van der Waals surface area contributed by atoms with Crippen LogP contribution in [0, 0.1) is 0 Å². The van der Waals surface area contributed by atoms with Crippen molar-refractivity contribution < 1.29 is 9.90 Å². The maximum Gasteiger partial charge on any atom is 0.300 e. The van der Waals surface area contributed by atoms with Crippen LogP contribution in [0.25, 0.3) is 0 Å². The summed E-state index contributed by atoms with van der Waals surface area (Å²) < 4.78 is 0. The van der Waals surface area contributed by atoms with Gasteiger partial charge in [0.15, 0.2) is 0 Å². The second-order valence-corrected chi connectivity index (χ2v) is 2.60. The number of carboxylic acid groups (broad SMARTS) is 1. The van der Waals surface area contributed by atoms with E-state index in [9.17, 15) is 0 Å². The molecule has 0 bridgehead atoms. The highest BCUT2D eigenvalue weighted by Crippen LogP contribution is 1.82. The maximum atomic E-state index is 9.00. The van der Waals surface area contributed by atoms with Crippen LogP contribution in [-0.2, 0) is 4.79 Å². The summed E-state index contributed by atoms with van der Waals surface area (Å²) in [6, 6.07) is 0. The normalized spacial score (nSPS) is 9.54. The molecule has 0 aromatic carbocycles. The number of aliphatic carboxylic acids is 1. The largest absolute Gasteiger partial charge is 0.481 e. The summed E-state index contributed by atoms with van der Waals surface area (Å²) in [5, 5.41) is 7.42. The Labute approximate surface area is 80.4 Å². The van der Waals surface area contributed by atoms with Crippen molar-refractivity contribution in [3.05, 3.63) is 24.8 Å². The predicted octanol–water partition coefficient (Wildman–Crippen LogP) is 1.77. The molecule has 0 rings (SSSR count). The Morgan fingerprint density at radius 1 is 1.54 bits per heavy atom. The minimum Gasteiger partial charge on any atom is -0.481 e. The first-order valence-corrected chi connectivity index (χ1v) is 4.14. The summed E-state index contributed by atoms with van der Waals surface area (Å²) in [6.07, 6.45) is 6.09. The fourth-order valence-corrected chi connectivity index (χ4v) is 0.580. The molecular formula is C10H19NO2. The van der Waals surface area contributed by atoms with Gasteiger partial charge >= 0.3 is 0 Å². The molecule has 13 heavy (non-hydrogen) atoms. The third kappa shape index (κ3) is 24.8. The van der Waals surface area contributed by atoms with Gasteiger partial charge in [0.2, 0.25) is 0 Å². The zero-order chi connectivity index (χ0) is 10.7. The van der Waals surface area contributed by atoms with Crippen LogP contribution >= 0.6 is 0 Å². The Morgan fingerprint density at radius 3 is 2.31 bits per heavy atom. The lowest BCUT2D eigenvalue weighted by atomic mass is 10.4. The molecule has 3 heteroatoms. The van der Waals surface area contributed by atoms with Crippen molar-refractivity contribution in [2.24, 2.45) is 0 Å². The summed E-state index contributed by atoms with van der Waals surface area (Å²) in [5.74, 6) is -0.833. The number of likely N-dealkylation sites (N-methyl/N-ethyl adjacent to an activating group) is 1. The summed E-state index contributed by atoms with van der Waals surface area (Å²) >= 11 is 0. The molecule has 0 fully saturated rings. The van der Waals surface area contributed by atoms with Crippen molar-refractivity contribution in [2.45, 2.75) is 13.8 Å². The number of rotatable bonds is 4. The van der Waals surface area contributed by atoms with Gasteiger partial charge in [-0.25, -0.2) is 0 Å². The average molecular weight is 185 g/mol. The number of carboxylic acids is 1. The first kappa shape index (κ1) is 14.4. The van der Waals surface area contributed by atoms with Gasteiger partial charge in [-0.2, -0.15) is 0 Å². The van der Waals surface area contributed by atoms with Crippen molar-refractivity contribution in [3.63, 3.8) is 0 Å². The van der Waals surface area contributed by atoms with E-state index in [1.165, 1.54) is 0 Å². The van der Waals surface area contributed by atoms with Gasteiger partial charge in [-0.3, -0.25) is 9.69 Å². The summed E-state index contributed by atoms with van der Waals surface area (Å²) in [6.45, 7) is 8.73. The van der Waals surface area contributed by atoms with Crippen LogP contribution < -0.4 is 0 Å². The standard InChI is InChI=1S/C8H15N.C2H4O2/c1-4-6-8-9(3)7-5-2;1-2(3)4/h4-6H,2,7-8H2,1,3H3;1H3,(H,3,4). The first-order chi connectivity index (χ1) is 6.04. The van der Waals surface area contributed by atoms with Crippen molar-refractivity contribution in [1.29, 1.82) is 0 Å². The molecule has 0 aliphatic heterocycles. The average Bonchev–Trinajstić information content (AvgIpc) is 2.00. The number of hydrogen-bond donors (Lipinski definition) is 1. The highest BCUT2D eigenvalue weighted by atomic mass is 16.4. The van der Waals surface area contributed by atoms with E-state index >= 15 is 0 Å². The minimum atomic E-state index is -0.833. The lowest BCUT2D eigenvalue weighted by Gasteiger charge is -2.09. The zero-order valence-electron chi connectivity index (χ0n) is 8.66. The molecule has 0 spiro atoms. The van der Waals surface area contributed by atoms with E-state index in [0.717, 1.165) is 20.0 Å². The third-order valence-electron chi connectivity index (χ3n) is 1.09. The lowest BCUT2D eigenvalue weighted by Crippen LogP contribution is -2.17. The van der Waals surface area contributed by atoms with Crippen molar-refractivity contribution in [2.75, 3.05) is 20.1 Å². The SMILES string of the molecule is C=CCN(C)CC=CC.CC(=O)O. The van der Waals surface area contributed by atoms with Gasteiger partial charge in [-0.05, 0) is 14.0 Å². The van der Waals surface area contributed by atoms with Gasteiger partial charge in [0.25, 0.3) is 5.97 Å². The van der Waals surface area contributed by atoms with Gasteiger partial charge in [0, 0.05) is 20.0 Å². The topological polar surface area (TPSA) is 40.5 Å². The van der Waals surface area contributed by atoms with E-state index in [1.807, 2.05) is 13.0 Å². The van der Waals surface area contributed by atoms with E-state index in [0.29, 0.717) is 0 Å². The van der Waals surface area contributed by atoms with Crippen LogP contribution in [-0.4, -0.2) is 36.1 Å². The second kappa shape index (κ2) is 10.9.